The molecule has 0 atom stereocenters. The Hall–Kier alpha value is -4.47. The molecule has 1 N–H and O–H groups in total. The summed E-state index contributed by atoms with van der Waals surface area (Å²) in [6, 6.07) is 5.19. The minimum absolute atomic E-state index is 0.0931. The van der Waals surface area contributed by atoms with Crippen molar-refractivity contribution < 1.29 is 9.84 Å². The van der Waals surface area contributed by atoms with Crippen LogP contribution in [-0.4, -0.2) is 45.6 Å². The third-order valence-electron chi connectivity index (χ3n) is 6.12. The fraction of sp³-hybridized carbons (Fsp3) is 0.208. The van der Waals surface area contributed by atoms with Gasteiger partial charge in [0.05, 0.1) is 35.1 Å². The van der Waals surface area contributed by atoms with E-state index in [0.717, 1.165) is 16.6 Å². The van der Waals surface area contributed by atoms with Gasteiger partial charge < -0.3 is 9.84 Å². The SMILES string of the molecule is Cc1nc(-c2cnccc2O)cc2c1cnn2-c1cc2c(c(OCC3C=C3)n1)n(C)c(=O)n2C. The molecule has 0 bridgehead atoms. The highest BCUT2D eigenvalue weighted by atomic mass is 16.5. The molecule has 0 aromatic carbocycles. The first-order chi connectivity index (χ1) is 16.4. The van der Waals surface area contributed by atoms with Crippen LogP contribution in [0.15, 0.2) is 53.7 Å². The van der Waals surface area contributed by atoms with Crippen LogP contribution in [0.4, 0.5) is 0 Å². The summed E-state index contributed by atoms with van der Waals surface area (Å²) in [7, 11) is 3.43. The summed E-state index contributed by atoms with van der Waals surface area (Å²) in [5, 5.41) is 15.7. The number of ether oxygens (including phenoxy) is 1. The van der Waals surface area contributed by atoms with E-state index in [1.54, 1.807) is 40.3 Å². The molecule has 0 saturated carbocycles. The summed E-state index contributed by atoms with van der Waals surface area (Å²) in [6.07, 6.45) is 8.94. The summed E-state index contributed by atoms with van der Waals surface area (Å²) < 4.78 is 10.8. The van der Waals surface area contributed by atoms with Crippen molar-refractivity contribution in [3.8, 4) is 28.7 Å². The Labute approximate surface area is 193 Å². The molecule has 0 amide bonds. The zero-order chi connectivity index (χ0) is 23.6. The van der Waals surface area contributed by atoms with E-state index in [4.69, 9.17) is 9.72 Å². The second-order valence-electron chi connectivity index (χ2n) is 8.39. The molecular weight excluding hydrogens is 434 g/mol. The molecule has 0 spiro atoms. The third-order valence-corrected chi connectivity index (χ3v) is 6.12. The molecular formula is C24H21N7O3. The van der Waals surface area contributed by atoms with E-state index in [-0.39, 0.29) is 17.4 Å². The summed E-state index contributed by atoms with van der Waals surface area (Å²) in [6.45, 7) is 2.35. The summed E-state index contributed by atoms with van der Waals surface area (Å²) in [5.74, 6) is 1.26. The van der Waals surface area contributed by atoms with E-state index in [9.17, 15) is 9.90 Å². The van der Waals surface area contributed by atoms with Crippen LogP contribution in [-0.2, 0) is 14.1 Å². The molecule has 0 unspecified atom stereocenters. The lowest BCUT2D eigenvalue weighted by atomic mass is 10.1. The highest BCUT2D eigenvalue weighted by Gasteiger charge is 2.21. The van der Waals surface area contributed by atoms with Crippen LogP contribution in [0.2, 0.25) is 0 Å². The number of imidazole rings is 1. The number of fused-ring (bicyclic) bond motifs is 2. The minimum atomic E-state index is -0.164. The first-order valence-corrected chi connectivity index (χ1v) is 10.8. The molecule has 10 nitrogen and oxygen atoms in total. The highest BCUT2D eigenvalue weighted by molar-refractivity contribution is 5.88. The Kier molecular flexibility index (Phi) is 4.31. The summed E-state index contributed by atoms with van der Waals surface area (Å²) in [5.41, 5.74) is 3.77. The van der Waals surface area contributed by atoms with E-state index in [1.807, 2.05) is 19.1 Å². The van der Waals surface area contributed by atoms with E-state index >= 15 is 0 Å². The van der Waals surface area contributed by atoms with Gasteiger partial charge in [-0.2, -0.15) is 10.1 Å². The molecule has 5 aromatic heterocycles. The van der Waals surface area contributed by atoms with Gasteiger partial charge in [0, 0.05) is 49.6 Å². The van der Waals surface area contributed by atoms with Crippen molar-refractivity contribution in [2.75, 3.05) is 6.61 Å². The smallest absolute Gasteiger partial charge is 0.328 e. The van der Waals surface area contributed by atoms with Crippen molar-refractivity contribution in [1.29, 1.82) is 0 Å². The molecule has 5 heterocycles. The van der Waals surface area contributed by atoms with Crippen LogP contribution in [0.25, 0.3) is 39.0 Å². The van der Waals surface area contributed by atoms with Crippen molar-refractivity contribution in [3.05, 3.63) is 65.1 Å². The van der Waals surface area contributed by atoms with Crippen LogP contribution in [0.3, 0.4) is 0 Å². The lowest BCUT2D eigenvalue weighted by Gasteiger charge is -2.11. The quantitative estimate of drug-likeness (QED) is 0.405. The van der Waals surface area contributed by atoms with Crippen LogP contribution in [0.5, 0.6) is 11.6 Å². The van der Waals surface area contributed by atoms with Crippen molar-refractivity contribution in [2.24, 2.45) is 20.0 Å². The number of rotatable bonds is 5. The van der Waals surface area contributed by atoms with Gasteiger partial charge in [-0.15, -0.1) is 0 Å². The number of hydrogen-bond acceptors (Lipinski definition) is 7. The van der Waals surface area contributed by atoms with Gasteiger partial charge in [-0.05, 0) is 19.1 Å². The minimum Gasteiger partial charge on any atom is -0.507 e. The molecule has 0 aliphatic heterocycles. The molecule has 5 aromatic rings. The van der Waals surface area contributed by atoms with Crippen LogP contribution in [0.1, 0.15) is 5.69 Å². The summed E-state index contributed by atoms with van der Waals surface area (Å²) in [4.78, 5) is 26.2. The number of aromatic hydroxyl groups is 1. The van der Waals surface area contributed by atoms with Crippen molar-refractivity contribution >= 4 is 21.9 Å². The molecule has 1 aliphatic carbocycles. The predicted octanol–water partition coefficient (Wildman–Crippen LogP) is 2.65. The zero-order valence-electron chi connectivity index (χ0n) is 18.8. The standard InChI is InChI=1S/C24H21N7O3/c1-13-15-11-26-31(18(15)8-17(27-13)16-10-25-7-6-20(16)32)21-9-19-22(30(3)24(33)29(19)2)23(28-21)34-12-14-4-5-14/h4-11,14H,12H2,1-3H3,(H,25,32). The first kappa shape index (κ1) is 20.2. The molecule has 0 fully saturated rings. The van der Waals surface area contributed by atoms with Gasteiger partial charge in [-0.1, -0.05) is 12.2 Å². The molecule has 170 valence electrons. The average molecular weight is 455 g/mol. The van der Waals surface area contributed by atoms with Gasteiger partial charge in [0.15, 0.2) is 5.82 Å². The number of aryl methyl sites for hydroxylation is 3. The maximum Gasteiger partial charge on any atom is 0.328 e. The summed E-state index contributed by atoms with van der Waals surface area (Å²) >= 11 is 0. The van der Waals surface area contributed by atoms with Crippen LogP contribution >= 0.6 is 0 Å². The number of hydrogen-bond donors (Lipinski definition) is 1. The Bertz CT molecular complexity index is 1690. The molecule has 1 aliphatic rings. The average Bonchev–Trinajstić information content (AvgIpc) is 3.52. The second-order valence-corrected chi connectivity index (χ2v) is 8.39. The maximum atomic E-state index is 12.6. The monoisotopic (exact) mass is 455 g/mol. The lowest BCUT2D eigenvalue weighted by Crippen LogP contribution is -2.19. The van der Waals surface area contributed by atoms with Gasteiger partial charge >= 0.3 is 5.69 Å². The molecule has 6 rings (SSSR count). The fourth-order valence-corrected chi connectivity index (χ4v) is 4.14. The lowest BCUT2D eigenvalue weighted by molar-refractivity contribution is 0.299. The number of aromatic nitrogens is 7. The normalized spacial score (nSPS) is 13.3. The Morgan fingerprint density at radius 2 is 1.91 bits per heavy atom. The number of pyridine rings is 3. The maximum absolute atomic E-state index is 12.6. The van der Waals surface area contributed by atoms with Gasteiger partial charge in [-0.25, -0.2) is 9.48 Å². The van der Waals surface area contributed by atoms with E-state index in [2.05, 4.69) is 27.2 Å². The van der Waals surface area contributed by atoms with Gasteiger partial charge in [-0.3, -0.25) is 19.1 Å². The Morgan fingerprint density at radius 1 is 1.09 bits per heavy atom. The van der Waals surface area contributed by atoms with Crippen molar-refractivity contribution in [3.63, 3.8) is 0 Å². The second kappa shape index (κ2) is 7.27. The first-order valence-electron chi connectivity index (χ1n) is 10.8. The molecule has 0 saturated heterocycles. The van der Waals surface area contributed by atoms with E-state index in [0.29, 0.717) is 40.6 Å². The topological polar surface area (TPSA) is 113 Å². The van der Waals surface area contributed by atoms with Crippen LogP contribution < -0.4 is 10.4 Å². The van der Waals surface area contributed by atoms with E-state index < -0.39 is 0 Å². The zero-order valence-corrected chi connectivity index (χ0v) is 18.8. The van der Waals surface area contributed by atoms with Gasteiger partial charge in [0.25, 0.3) is 0 Å². The Balaban J connectivity index is 1.57. The van der Waals surface area contributed by atoms with Crippen molar-refractivity contribution in [1.82, 2.24) is 33.9 Å². The van der Waals surface area contributed by atoms with E-state index in [1.165, 1.54) is 12.3 Å². The molecule has 0 radical (unpaired) electrons. The van der Waals surface area contributed by atoms with Gasteiger partial charge in [0.1, 0.15) is 11.3 Å². The fourth-order valence-electron chi connectivity index (χ4n) is 4.14. The number of nitrogens with zero attached hydrogens (tertiary/aromatic N) is 7. The molecule has 10 heteroatoms. The predicted molar refractivity (Wildman–Crippen MR) is 126 cm³/mol. The van der Waals surface area contributed by atoms with Crippen LogP contribution in [0, 0.1) is 12.8 Å². The van der Waals surface area contributed by atoms with Crippen molar-refractivity contribution in [2.45, 2.75) is 6.92 Å². The highest BCUT2D eigenvalue weighted by Crippen LogP contribution is 2.32. The molecule has 34 heavy (non-hydrogen) atoms. The Morgan fingerprint density at radius 3 is 2.68 bits per heavy atom. The largest absolute Gasteiger partial charge is 0.507 e. The third kappa shape index (κ3) is 3.06. The van der Waals surface area contributed by atoms with Gasteiger partial charge in [0.2, 0.25) is 5.88 Å².